The van der Waals surface area contributed by atoms with E-state index in [1.807, 2.05) is 37.3 Å². The molecule has 0 unspecified atom stereocenters. The predicted octanol–water partition coefficient (Wildman–Crippen LogP) is 1.79. The summed E-state index contributed by atoms with van der Waals surface area (Å²) in [5, 5.41) is 10.1. The van der Waals surface area contributed by atoms with Crippen molar-refractivity contribution in [1.29, 1.82) is 0 Å². The molecule has 17 heavy (non-hydrogen) atoms. The molecule has 1 heterocycles. The standard InChI is InChI=1S/C14H18O3/c1-9-13(15)12(10(2)17-14(9)16)8-11-6-4-3-5-7-11/h3-7,9-10,12-13,15H,8H2,1-2H3/t9-,10+,12-,13-/m1/s1. The number of hydrogen-bond acceptors (Lipinski definition) is 3. The number of rotatable bonds is 2. The lowest BCUT2D eigenvalue weighted by molar-refractivity contribution is -0.176. The molecule has 0 aromatic heterocycles. The zero-order chi connectivity index (χ0) is 12.4. The summed E-state index contributed by atoms with van der Waals surface area (Å²) in [5.41, 5.74) is 1.16. The number of carbonyl (C=O) groups is 1. The van der Waals surface area contributed by atoms with Crippen LogP contribution in [0, 0.1) is 11.8 Å². The number of hydrogen-bond donors (Lipinski definition) is 1. The number of cyclic esters (lactones) is 1. The molecule has 1 aromatic rings. The van der Waals surface area contributed by atoms with Gasteiger partial charge in [0.15, 0.2) is 0 Å². The van der Waals surface area contributed by atoms with E-state index in [0.29, 0.717) is 0 Å². The normalized spacial score (nSPS) is 33.2. The van der Waals surface area contributed by atoms with Gasteiger partial charge in [0, 0.05) is 5.92 Å². The van der Waals surface area contributed by atoms with Crippen molar-refractivity contribution < 1.29 is 14.6 Å². The van der Waals surface area contributed by atoms with Gasteiger partial charge in [0.05, 0.1) is 12.0 Å². The van der Waals surface area contributed by atoms with Crippen molar-refractivity contribution in [3.8, 4) is 0 Å². The average Bonchev–Trinajstić information content (AvgIpc) is 2.33. The predicted molar refractivity (Wildman–Crippen MR) is 64.4 cm³/mol. The van der Waals surface area contributed by atoms with Crippen molar-refractivity contribution in [3.63, 3.8) is 0 Å². The highest BCUT2D eigenvalue weighted by Gasteiger charge is 2.40. The van der Waals surface area contributed by atoms with Crippen LogP contribution in [0.5, 0.6) is 0 Å². The van der Waals surface area contributed by atoms with Crippen molar-refractivity contribution in [2.45, 2.75) is 32.5 Å². The fourth-order valence-electron chi connectivity index (χ4n) is 2.34. The third kappa shape index (κ3) is 2.50. The zero-order valence-electron chi connectivity index (χ0n) is 10.2. The lowest BCUT2D eigenvalue weighted by Gasteiger charge is -2.36. The number of ether oxygens (including phenoxy) is 1. The van der Waals surface area contributed by atoms with Gasteiger partial charge in [-0.15, -0.1) is 0 Å². The number of aliphatic hydroxyl groups is 1. The van der Waals surface area contributed by atoms with Crippen molar-refractivity contribution in [1.82, 2.24) is 0 Å². The molecule has 1 fully saturated rings. The van der Waals surface area contributed by atoms with Gasteiger partial charge in [-0.25, -0.2) is 0 Å². The van der Waals surface area contributed by atoms with Crippen molar-refractivity contribution in [2.24, 2.45) is 11.8 Å². The third-order valence-corrected chi connectivity index (χ3v) is 3.54. The maximum Gasteiger partial charge on any atom is 0.311 e. The molecule has 1 aliphatic rings. The monoisotopic (exact) mass is 234 g/mol. The number of carbonyl (C=O) groups excluding carboxylic acids is 1. The molecular formula is C14H18O3. The van der Waals surface area contributed by atoms with Crippen molar-refractivity contribution in [3.05, 3.63) is 35.9 Å². The molecule has 0 amide bonds. The van der Waals surface area contributed by atoms with Crippen molar-refractivity contribution >= 4 is 5.97 Å². The van der Waals surface area contributed by atoms with Crippen LogP contribution in [0.3, 0.4) is 0 Å². The number of benzene rings is 1. The zero-order valence-corrected chi connectivity index (χ0v) is 10.2. The summed E-state index contributed by atoms with van der Waals surface area (Å²) in [4.78, 5) is 11.4. The SMILES string of the molecule is C[C@@H]1OC(=O)[C@H](C)[C@@H](O)[C@@H]1Cc1ccccc1. The minimum absolute atomic E-state index is 0.0231. The van der Waals surface area contributed by atoms with E-state index in [1.165, 1.54) is 0 Å². The summed E-state index contributed by atoms with van der Waals surface area (Å²) in [7, 11) is 0. The largest absolute Gasteiger partial charge is 0.462 e. The molecule has 3 heteroatoms. The molecule has 0 spiro atoms. The van der Waals surface area contributed by atoms with Gasteiger partial charge in [-0.05, 0) is 25.8 Å². The molecule has 4 atom stereocenters. The van der Waals surface area contributed by atoms with Gasteiger partial charge >= 0.3 is 5.97 Å². The van der Waals surface area contributed by atoms with E-state index in [4.69, 9.17) is 4.74 Å². The van der Waals surface area contributed by atoms with E-state index >= 15 is 0 Å². The Hall–Kier alpha value is -1.35. The average molecular weight is 234 g/mol. The Balaban J connectivity index is 2.12. The van der Waals surface area contributed by atoms with Crippen LogP contribution < -0.4 is 0 Å². The molecule has 2 rings (SSSR count). The molecule has 1 N–H and O–H groups in total. The smallest absolute Gasteiger partial charge is 0.311 e. The van der Waals surface area contributed by atoms with E-state index in [0.717, 1.165) is 12.0 Å². The topological polar surface area (TPSA) is 46.5 Å². The first-order chi connectivity index (χ1) is 8.09. The first-order valence-electron chi connectivity index (χ1n) is 6.02. The van der Waals surface area contributed by atoms with Crippen LogP contribution >= 0.6 is 0 Å². The van der Waals surface area contributed by atoms with Crippen LogP contribution in [0.2, 0.25) is 0 Å². The Kier molecular flexibility index (Phi) is 3.48. The maximum atomic E-state index is 11.4. The van der Waals surface area contributed by atoms with Gasteiger partial charge < -0.3 is 9.84 Å². The summed E-state index contributed by atoms with van der Waals surface area (Å²) in [5.74, 6) is -0.751. The third-order valence-electron chi connectivity index (χ3n) is 3.54. The maximum absolute atomic E-state index is 11.4. The van der Waals surface area contributed by atoms with Gasteiger partial charge in [0.1, 0.15) is 6.10 Å². The van der Waals surface area contributed by atoms with Gasteiger partial charge in [-0.3, -0.25) is 4.79 Å². The van der Waals surface area contributed by atoms with Gasteiger partial charge in [-0.1, -0.05) is 30.3 Å². The molecule has 0 saturated carbocycles. The van der Waals surface area contributed by atoms with E-state index < -0.39 is 12.0 Å². The molecule has 1 saturated heterocycles. The molecule has 92 valence electrons. The summed E-state index contributed by atoms with van der Waals surface area (Å²) >= 11 is 0. The lowest BCUT2D eigenvalue weighted by Crippen LogP contribution is -2.47. The Morgan fingerprint density at radius 1 is 1.24 bits per heavy atom. The second kappa shape index (κ2) is 4.88. The Morgan fingerprint density at radius 2 is 1.88 bits per heavy atom. The summed E-state index contributed by atoms with van der Waals surface area (Å²) < 4.78 is 5.25. The van der Waals surface area contributed by atoms with Crippen LogP contribution in [0.4, 0.5) is 0 Å². The van der Waals surface area contributed by atoms with E-state index in [9.17, 15) is 9.90 Å². The first kappa shape index (κ1) is 12.1. The van der Waals surface area contributed by atoms with E-state index in [1.54, 1.807) is 6.92 Å². The second-order valence-electron chi connectivity index (χ2n) is 4.77. The second-order valence-corrected chi connectivity index (χ2v) is 4.77. The Labute approximate surface area is 101 Å². The molecule has 1 aliphatic heterocycles. The highest BCUT2D eigenvalue weighted by molar-refractivity contribution is 5.73. The van der Waals surface area contributed by atoms with Gasteiger partial charge in [0.2, 0.25) is 0 Å². The minimum atomic E-state index is -0.619. The van der Waals surface area contributed by atoms with Crippen LogP contribution in [0.25, 0.3) is 0 Å². The van der Waals surface area contributed by atoms with E-state index in [-0.39, 0.29) is 18.0 Å². The molecule has 0 radical (unpaired) electrons. The highest BCUT2D eigenvalue weighted by atomic mass is 16.5. The van der Waals surface area contributed by atoms with Crippen LogP contribution in [0.1, 0.15) is 19.4 Å². The molecule has 0 bridgehead atoms. The fraction of sp³-hybridized carbons (Fsp3) is 0.500. The summed E-state index contributed by atoms with van der Waals surface area (Å²) in [6.07, 6.45) is -0.110. The minimum Gasteiger partial charge on any atom is -0.462 e. The number of aliphatic hydroxyl groups excluding tert-OH is 1. The van der Waals surface area contributed by atoms with Gasteiger partial charge in [-0.2, -0.15) is 0 Å². The molecule has 3 nitrogen and oxygen atoms in total. The Morgan fingerprint density at radius 3 is 2.53 bits per heavy atom. The quantitative estimate of drug-likeness (QED) is 0.793. The number of esters is 1. The lowest BCUT2D eigenvalue weighted by atomic mass is 9.82. The molecule has 0 aliphatic carbocycles. The van der Waals surface area contributed by atoms with Crippen LogP contribution in [-0.4, -0.2) is 23.3 Å². The van der Waals surface area contributed by atoms with Crippen molar-refractivity contribution in [2.75, 3.05) is 0 Å². The summed E-state index contributed by atoms with van der Waals surface area (Å²) in [6.45, 7) is 3.57. The molecular weight excluding hydrogens is 216 g/mol. The first-order valence-corrected chi connectivity index (χ1v) is 6.02. The van der Waals surface area contributed by atoms with Crippen LogP contribution in [0.15, 0.2) is 30.3 Å². The molecule has 1 aromatic carbocycles. The van der Waals surface area contributed by atoms with E-state index in [2.05, 4.69) is 0 Å². The fourth-order valence-corrected chi connectivity index (χ4v) is 2.34. The summed E-state index contributed by atoms with van der Waals surface area (Å²) in [6, 6.07) is 9.98. The van der Waals surface area contributed by atoms with Crippen LogP contribution in [-0.2, 0) is 16.0 Å². The van der Waals surface area contributed by atoms with Gasteiger partial charge in [0.25, 0.3) is 0 Å². The Bertz CT molecular complexity index is 388. The highest BCUT2D eigenvalue weighted by Crippen LogP contribution is 2.29.